The highest BCUT2D eigenvalue weighted by Crippen LogP contribution is 2.34. The molecule has 0 aliphatic carbocycles. The molecule has 35 heavy (non-hydrogen) atoms. The molecule has 1 aliphatic heterocycles. The number of halogens is 3. The van der Waals surface area contributed by atoms with Gasteiger partial charge in [-0.1, -0.05) is 60.7 Å². The van der Waals surface area contributed by atoms with Crippen molar-refractivity contribution in [1.29, 1.82) is 0 Å². The number of carbonyl (C=O) groups excluding carboxylic acids is 1. The van der Waals surface area contributed by atoms with E-state index in [0.29, 0.717) is 22.8 Å². The van der Waals surface area contributed by atoms with Crippen molar-refractivity contribution < 1.29 is 18.0 Å². The first kappa shape index (κ1) is 22.6. The number of rotatable bonds is 4. The second-order valence-corrected chi connectivity index (χ2v) is 8.32. The lowest BCUT2D eigenvalue weighted by molar-refractivity contribution is -0.137. The number of amides is 1. The molecule has 0 N–H and O–H groups in total. The van der Waals surface area contributed by atoms with Crippen LogP contribution >= 0.6 is 0 Å². The molecular weight excluding hydrogens is 453 g/mol. The summed E-state index contributed by atoms with van der Waals surface area (Å²) in [5, 5.41) is 4.42. The highest BCUT2D eigenvalue weighted by Gasteiger charge is 2.35. The van der Waals surface area contributed by atoms with E-state index in [1.165, 1.54) is 17.0 Å². The van der Waals surface area contributed by atoms with Gasteiger partial charge < -0.3 is 4.90 Å². The third kappa shape index (κ3) is 4.35. The molecule has 5 rings (SSSR count). The van der Waals surface area contributed by atoms with Gasteiger partial charge in [-0.05, 0) is 31.2 Å². The van der Waals surface area contributed by atoms with Crippen molar-refractivity contribution in [3.05, 3.63) is 114 Å². The minimum absolute atomic E-state index is 0.189. The Bertz CT molecular complexity index is 1340. The number of nitrogens with zero attached hydrogens (tertiary/aromatic N) is 4. The molecule has 0 saturated carbocycles. The standard InChI is InChI=1S/C27H21F3N4O/c1-18-17-33(22-14-12-21(13-15-22)27(28,29)30)26(35)25-23(16-31-34(18)25)32-24(19-8-4-2-5-9-19)20-10-6-3-7-11-20/h2-16,18H,17H2,1H3/t18-/m0/s1. The van der Waals surface area contributed by atoms with Gasteiger partial charge in [-0.3, -0.25) is 9.48 Å². The Morgan fingerprint density at radius 1 is 0.914 bits per heavy atom. The van der Waals surface area contributed by atoms with Crippen molar-refractivity contribution in [2.45, 2.75) is 19.1 Å². The largest absolute Gasteiger partial charge is 0.416 e. The smallest absolute Gasteiger partial charge is 0.305 e. The van der Waals surface area contributed by atoms with Crippen LogP contribution in [0.25, 0.3) is 0 Å². The molecule has 8 heteroatoms. The van der Waals surface area contributed by atoms with E-state index in [-0.39, 0.29) is 18.5 Å². The van der Waals surface area contributed by atoms with Crippen LogP contribution in [-0.4, -0.2) is 27.9 Å². The number of alkyl halides is 3. The predicted octanol–water partition coefficient (Wildman–Crippen LogP) is 6.29. The summed E-state index contributed by atoms with van der Waals surface area (Å²) in [6, 6.07) is 23.7. The van der Waals surface area contributed by atoms with Crippen molar-refractivity contribution in [2.24, 2.45) is 4.99 Å². The van der Waals surface area contributed by atoms with Crippen molar-refractivity contribution >= 4 is 23.0 Å². The van der Waals surface area contributed by atoms with E-state index in [0.717, 1.165) is 23.3 Å². The van der Waals surface area contributed by atoms with Crippen LogP contribution in [0.3, 0.4) is 0 Å². The van der Waals surface area contributed by atoms with Gasteiger partial charge in [0.1, 0.15) is 5.69 Å². The second kappa shape index (κ2) is 8.87. The summed E-state index contributed by atoms with van der Waals surface area (Å²) in [5.41, 5.74) is 2.79. The monoisotopic (exact) mass is 474 g/mol. The fourth-order valence-corrected chi connectivity index (χ4v) is 4.19. The average molecular weight is 474 g/mol. The second-order valence-electron chi connectivity index (χ2n) is 8.32. The zero-order valence-corrected chi connectivity index (χ0v) is 18.8. The molecule has 0 fully saturated rings. The van der Waals surface area contributed by atoms with Crippen molar-refractivity contribution in [3.63, 3.8) is 0 Å². The van der Waals surface area contributed by atoms with Gasteiger partial charge in [-0.25, -0.2) is 4.99 Å². The first-order valence-electron chi connectivity index (χ1n) is 11.1. The molecule has 0 unspecified atom stereocenters. The number of hydrogen-bond acceptors (Lipinski definition) is 3. The Balaban J connectivity index is 1.57. The maximum atomic E-state index is 13.6. The Kier molecular flexibility index (Phi) is 5.72. The quantitative estimate of drug-likeness (QED) is 0.326. The highest BCUT2D eigenvalue weighted by atomic mass is 19.4. The molecule has 4 aromatic rings. The topological polar surface area (TPSA) is 50.5 Å². The first-order chi connectivity index (χ1) is 16.8. The summed E-state index contributed by atoms with van der Waals surface area (Å²) in [5.74, 6) is -0.361. The maximum Gasteiger partial charge on any atom is 0.416 e. The zero-order valence-electron chi connectivity index (χ0n) is 18.8. The van der Waals surface area contributed by atoms with Gasteiger partial charge >= 0.3 is 6.18 Å². The van der Waals surface area contributed by atoms with Crippen LogP contribution in [0.4, 0.5) is 24.5 Å². The fourth-order valence-electron chi connectivity index (χ4n) is 4.19. The Morgan fingerprint density at radius 3 is 2.03 bits per heavy atom. The molecule has 3 aromatic carbocycles. The van der Waals surface area contributed by atoms with Crippen molar-refractivity contribution in [2.75, 3.05) is 11.4 Å². The summed E-state index contributed by atoms with van der Waals surface area (Å²) in [6.07, 6.45) is -2.88. The van der Waals surface area contributed by atoms with E-state index < -0.39 is 11.7 Å². The lowest BCUT2D eigenvalue weighted by atomic mass is 10.0. The van der Waals surface area contributed by atoms with Crippen molar-refractivity contribution in [1.82, 2.24) is 9.78 Å². The Labute approximate surface area is 200 Å². The number of fused-ring (bicyclic) bond motifs is 1. The number of hydrogen-bond donors (Lipinski definition) is 0. The summed E-state index contributed by atoms with van der Waals surface area (Å²) in [4.78, 5) is 19.9. The minimum Gasteiger partial charge on any atom is -0.305 e. The SMILES string of the molecule is C[C@H]1CN(c2ccc(C(F)(F)F)cc2)C(=O)c2c(N=C(c3ccccc3)c3ccccc3)cnn21. The van der Waals surface area contributed by atoms with Crippen LogP contribution in [0.2, 0.25) is 0 Å². The van der Waals surface area contributed by atoms with Gasteiger partial charge in [-0.2, -0.15) is 18.3 Å². The van der Waals surface area contributed by atoms with E-state index in [1.54, 1.807) is 10.9 Å². The van der Waals surface area contributed by atoms with E-state index in [4.69, 9.17) is 4.99 Å². The molecule has 0 bridgehead atoms. The minimum atomic E-state index is -4.44. The molecule has 1 atom stereocenters. The Hall–Kier alpha value is -4.20. The third-order valence-corrected chi connectivity index (χ3v) is 5.92. The molecule has 1 amide bonds. The molecule has 1 aromatic heterocycles. The van der Waals surface area contributed by atoms with Gasteiger partial charge in [0.05, 0.1) is 23.5 Å². The zero-order chi connectivity index (χ0) is 24.6. The van der Waals surface area contributed by atoms with Gasteiger partial charge in [0.25, 0.3) is 5.91 Å². The van der Waals surface area contributed by atoms with Crippen LogP contribution in [0.15, 0.2) is 96.1 Å². The fraction of sp³-hybridized carbons (Fsp3) is 0.148. The highest BCUT2D eigenvalue weighted by molar-refractivity contribution is 6.15. The maximum absolute atomic E-state index is 13.6. The summed E-state index contributed by atoms with van der Waals surface area (Å²) >= 11 is 0. The molecule has 5 nitrogen and oxygen atoms in total. The van der Waals surface area contributed by atoms with Gasteiger partial charge in [0.15, 0.2) is 5.69 Å². The predicted molar refractivity (Wildman–Crippen MR) is 128 cm³/mol. The summed E-state index contributed by atoms with van der Waals surface area (Å²) in [6.45, 7) is 2.19. The van der Waals surface area contributed by atoms with Crippen molar-refractivity contribution in [3.8, 4) is 0 Å². The molecule has 0 saturated heterocycles. The van der Waals surface area contributed by atoms with E-state index in [9.17, 15) is 18.0 Å². The lowest BCUT2D eigenvalue weighted by Crippen LogP contribution is -2.42. The van der Waals surface area contributed by atoms with Crippen LogP contribution in [0.5, 0.6) is 0 Å². The van der Waals surface area contributed by atoms with Crippen LogP contribution in [0, 0.1) is 0 Å². The molecule has 0 radical (unpaired) electrons. The van der Waals surface area contributed by atoms with E-state index in [1.807, 2.05) is 67.6 Å². The third-order valence-electron chi connectivity index (χ3n) is 5.92. The molecular formula is C27H21F3N4O. The molecule has 176 valence electrons. The number of carbonyl (C=O) groups is 1. The van der Waals surface area contributed by atoms with E-state index in [2.05, 4.69) is 5.10 Å². The molecule has 1 aliphatic rings. The van der Waals surface area contributed by atoms with E-state index >= 15 is 0 Å². The number of anilines is 1. The van der Waals surface area contributed by atoms with Crippen LogP contribution < -0.4 is 4.90 Å². The van der Waals surface area contributed by atoms with Gasteiger partial charge in [0, 0.05) is 23.4 Å². The van der Waals surface area contributed by atoms with Gasteiger partial charge in [0.2, 0.25) is 0 Å². The number of aliphatic imine (C=N–C) groups is 1. The molecule has 0 spiro atoms. The average Bonchev–Trinajstić information content (AvgIpc) is 3.30. The Morgan fingerprint density at radius 2 is 1.49 bits per heavy atom. The summed E-state index contributed by atoms with van der Waals surface area (Å²) < 4.78 is 40.6. The first-order valence-corrected chi connectivity index (χ1v) is 11.1. The van der Waals surface area contributed by atoms with Crippen LogP contribution in [0.1, 0.15) is 40.1 Å². The van der Waals surface area contributed by atoms with Gasteiger partial charge in [-0.15, -0.1) is 0 Å². The van der Waals surface area contributed by atoms with Crippen LogP contribution in [-0.2, 0) is 6.18 Å². The number of benzene rings is 3. The summed E-state index contributed by atoms with van der Waals surface area (Å²) in [7, 11) is 0. The number of aromatic nitrogens is 2. The normalized spacial score (nSPS) is 15.6. The lowest BCUT2D eigenvalue weighted by Gasteiger charge is -2.32. The molecule has 2 heterocycles.